The van der Waals surface area contributed by atoms with Crippen molar-refractivity contribution in [2.45, 2.75) is 12.5 Å². The third-order valence-electron chi connectivity index (χ3n) is 5.18. The highest BCUT2D eigenvalue weighted by Crippen LogP contribution is 2.28. The van der Waals surface area contributed by atoms with E-state index in [4.69, 9.17) is 16.3 Å². The standard InChI is InChI=1S/C21H23ClN6O3/c1-31-17-6-5-14(22)12-15(17)24-20(30)16-13-19(29)26-21(25-16)28-10-8-27(9-11-28)18-4-2-3-7-23-18/h2-7,12,16H,8-11,13H2,1H3,(H,24,30)(H,25,26,29)/t16-/m0/s1. The van der Waals surface area contributed by atoms with Gasteiger partial charge in [0, 0.05) is 37.4 Å². The highest BCUT2D eigenvalue weighted by molar-refractivity contribution is 6.31. The van der Waals surface area contributed by atoms with Crippen molar-refractivity contribution in [3.8, 4) is 5.75 Å². The Kier molecular flexibility index (Phi) is 6.22. The van der Waals surface area contributed by atoms with E-state index < -0.39 is 6.04 Å². The summed E-state index contributed by atoms with van der Waals surface area (Å²) in [5.41, 5.74) is 0.437. The maximum absolute atomic E-state index is 12.8. The Morgan fingerprint density at radius 2 is 1.97 bits per heavy atom. The number of rotatable bonds is 4. The molecule has 0 bridgehead atoms. The summed E-state index contributed by atoms with van der Waals surface area (Å²) in [7, 11) is 1.51. The van der Waals surface area contributed by atoms with Crippen LogP contribution in [0, 0.1) is 0 Å². The van der Waals surface area contributed by atoms with Crippen molar-refractivity contribution in [1.29, 1.82) is 0 Å². The van der Waals surface area contributed by atoms with Crippen LogP contribution < -0.4 is 20.3 Å². The van der Waals surface area contributed by atoms with Crippen LogP contribution in [0.4, 0.5) is 11.5 Å². The molecule has 2 aliphatic rings. The van der Waals surface area contributed by atoms with Crippen LogP contribution in [0.1, 0.15) is 6.42 Å². The molecule has 2 amide bonds. The lowest BCUT2D eigenvalue weighted by Crippen LogP contribution is -2.56. The third-order valence-corrected chi connectivity index (χ3v) is 5.42. The van der Waals surface area contributed by atoms with Crippen LogP contribution >= 0.6 is 11.6 Å². The number of piperazine rings is 1. The Bertz CT molecular complexity index is 992. The Labute approximate surface area is 185 Å². The number of halogens is 1. The van der Waals surface area contributed by atoms with Crippen molar-refractivity contribution in [3.05, 3.63) is 47.6 Å². The van der Waals surface area contributed by atoms with Gasteiger partial charge < -0.3 is 19.9 Å². The van der Waals surface area contributed by atoms with Crippen molar-refractivity contribution in [2.75, 3.05) is 43.5 Å². The number of pyridine rings is 1. The second kappa shape index (κ2) is 9.22. The number of aromatic nitrogens is 1. The van der Waals surface area contributed by atoms with Crippen LogP contribution in [0.15, 0.2) is 47.6 Å². The van der Waals surface area contributed by atoms with Gasteiger partial charge in [0.05, 0.1) is 19.2 Å². The summed E-state index contributed by atoms with van der Waals surface area (Å²) in [5.74, 6) is 1.20. The minimum absolute atomic E-state index is 0.0217. The van der Waals surface area contributed by atoms with Gasteiger partial charge in [-0.1, -0.05) is 17.7 Å². The fraction of sp³-hybridized carbons (Fsp3) is 0.333. The first-order valence-electron chi connectivity index (χ1n) is 9.96. The van der Waals surface area contributed by atoms with Crippen LogP contribution in [0.2, 0.25) is 5.02 Å². The Hall–Kier alpha value is -3.33. The molecule has 9 nitrogen and oxygen atoms in total. The average molecular weight is 443 g/mol. The summed E-state index contributed by atoms with van der Waals surface area (Å²) in [6, 6.07) is 9.92. The van der Waals surface area contributed by atoms with Gasteiger partial charge in [0.25, 0.3) is 0 Å². The van der Waals surface area contributed by atoms with E-state index in [-0.39, 0.29) is 18.2 Å². The molecule has 1 aromatic carbocycles. The van der Waals surface area contributed by atoms with Gasteiger partial charge in [-0.05, 0) is 30.3 Å². The number of amides is 2. The molecule has 10 heteroatoms. The van der Waals surface area contributed by atoms with Crippen molar-refractivity contribution < 1.29 is 14.3 Å². The maximum Gasteiger partial charge on any atom is 0.249 e. The zero-order valence-corrected chi connectivity index (χ0v) is 17.8. The molecule has 2 aliphatic heterocycles. The van der Waals surface area contributed by atoms with E-state index in [0.29, 0.717) is 35.5 Å². The molecular formula is C21H23ClN6O3. The number of hydrogen-bond acceptors (Lipinski definition) is 7. The van der Waals surface area contributed by atoms with Gasteiger partial charge in [-0.15, -0.1) is 0 Å². The molecule has 2 aromatic rings. The third kappa shape index (κ3) is 4.88. The molecule has 3 heterocycles. The Morgan fingerprint density at radius 3 is 2.68 bits per heavy atom. The minimum Gasteiger partial charge on any atom is -0.495 e. The summed E-state index contributed by atoms with van der Waals surface area (Å²) in [4.78, 5) is 38.2. The second-order valence-electron chi connectivity index (χ2n) is 7.22. The molecule has 31 heavy (non-hydrogen) atoms. The van der Waals surface area contributed by atoms with Crippen LogP contribution in [-0.2, 0) is 9.59 Å². The van der Waals surface area contributed by atoms with Crippen LogP contribution in [0.5, 0.6) is 5.75 Å². The maximum atomic E-state index is 12.8. The van der Waals surface area contributed by atoms with Gasteiger partial charge >= 0.3 is 0 Å². The van der Waals surface area contributed by atoms with E-state index in [9.17, 15) is 9.59 Å². The number of carbonyl (C=O) groups is 2. The predicted molar refractivity (Wildman–Crippen MR) is 119 cm³/mol. The minimum atomic E-state index is -0.832. The molecular weight excluding hydrogens is 420 g/mol. The first kappa shape index (κ1) is 20.9. The van der Waals surface area contributed by atoms with Crippen molar-refractivity contribution in [2.24, 2.45) is 4.99 Å². The van der Waals surface area contributed by atoms with Crippen LogP contribution in [-0.4, -0.2) is 67.0 Å². The number of ether oxygens (including phenoxy) is 1. The molecule has 162 valence electrons. The van der Waals surface area contributed by atoms with Crippen LogP contribution in [0.25, 0.3) is 0 Å². The lowest BCUT2D eigenvalue weighted by atomic mass is 10.1. The predicted octanol–water partition coefficient (Wildman–Crippen LogP) is 1.75. The number of anilines is 2. The summed E-state index contributed by atoms with van der Waals surface area (Å²) < 4.78 is 5.27. The van der Waals surface area contributed by atoms with Crippen molar-refractivity contribution in [3.63, 3.8) is 0 Å². The largest absolute Gasteiger partial charge is 0.495 e. The van der Waals surface area contributed by atoms with Crippen LogP contribution in [0.3, 0.4) is 0 Å². The number of benzene rings is 1. The van der Waals surface area contributed by atoms with Crippen molar-refractivity contribution >= 4 is 40.9 Å². The first-order chi connectivity index (χ1) is 15.0. The van der Waals surface area contributed by atoms with E-state index in [1.807, 2.05) is 23.1 Å². The Balaban J connectivity index is 1.44. The number of nitrogens with zero attached hydrogens (tertiary/aromatic N) is 4. The van der Waals surface area contributed by atoms with Crippen molar-refractivity contribution in [1.82, 2.24) is 15.2 Å². The van der Waals surface area contributed by atoms with Gasteiger partial charge in [-0.2, -0.15) is 0 Å². The molecule has 1 aromatic heterocycles. The fourth-order valence-electron chi connectivity index (χ4n) is 3.57. The highest BCUT2D eigenvalue weighted by atomic mass is 35.5. The zero-order valence-electron chi connectivity index (χ0n) is 17.0. The normalized spacial score (nSPS) is 18.8. The molecule has 0 radical (unpaired) electrons. The molecule has 0 saturated carbocycles. The first-order valence-corrected chi connectivity index (χ1v) is 10.3. The summed E-state index contributed by atoms with van der Waals surface area (Å²) in [6.07, 6.45) is 1.75. The number of aliphatic imine (C=N–C) groups is 1. The van der Waals surface area contributed by atoms with Gasteiger partial charge in [-0.25, -0.2) is 9.98 Å². The van der Waals surface area contributed by atoms with Gasteiger partial charge in [-0.3, -0.25) is 14.9 Å². The van der Waals surface area contributed by atoms with Gasteiger partial charge in [0.15, 0.2) is 0 Å². The monoisotopic (exact) mass is 442 g/mol. The van der Waals surface area contributed by atoms with E-state index in [2.05, 4.69) is 25.5 Å². The molecule has 0 spiro atoms. The van der Waals surface area contributed by atoms with Gasteiger partial charge in [0.1, 0.15) is 17.6 Å². The van der Waals surface area contributed by atoms with E-state index in [1.54, 1.807) is 24.4 Å². The fourth-order valence-corrected chi connectivity index (χ4v) is 3.74. The Morgan fingerprint density at radius 1 is 1.19 bits per heavy atom. The lowest BCUT2D eigenvalue weighted by molar-refractivity contribution is -0.125. The van der Waals surface area contributed by atoms with E-state index >= 15 is 0 Å². The molecule has 0 aliphatic carbocycles. The molecule has 1 atom stereocenters. The number of guanidine groups is 1. The quantitative estimate of drug-likeness (QED) is 0.748. The zero-order chi connectivity index (χ0) is 21.8. The highest BCUT2D eigenvalue weighted by Gasteiger charge is 2.31. The molecule has 4 rings (SSSR count). The molecule has 0 unspecified atom stereocenters. The topological polar surface area (TPSA) is 99.2 Å². The number of carbonyl (C=O) groups excluding carboxylic acids is 2. The summed E-state index contributed by atoms with van der Waals surface area (Å²) in [5, 5.41) is 6.04. The SMILES string of the molecule is COc1ccc(Cl)cc1NC(=O)[C@@H]1CC(=O)NC(N2CCN(c3ccccn3)CC2)=N1. The summed E-state index contributed by atoms with van der Waals surface area (Å²) >= 11 is 6.03. The van der Waals surface area contributed by atoms with E-state index in [0.717, 1.165) is 18.9 Å². The molecule has 1 fully saturated rings. The summed E-state index contributed by atoms with van der Waals surface area (Å²) in [6.45, 7) is 2.79. The lowest BCUT2D eigenvalue weighted by Gasteiger charge is -2.38. The molecule has 2 N–H and O–H groups in total. The number of hydrogen-bond donors (Lipinski definition) is 2. The number of nitrogens with one attached hydrogen (secondary N) is 2. The van der Waals surface area contributed by atoms with Gasteiger partial charge in [0.2, 0.25) is 17.8 Å². The smallest absolute Gasteiger partial charge is 0.249 e. The molecule has 1 saturated heterocycles. The number of methoxy groups -OCH3 is 1. The average Bonchev–Trinajstić information content (AvgIpc) is 2.79. The van der Waals surface area contributed by atoms with E-state index in [1.165, 1.54) is 7.11 Å². The second-order valence-corrected chi connectivity index (χ2v) is 7.65.